The number of urea groups is 1. The van der Waals surface area contributed by atoms with Gasteiger partial charge in [0.05, 0.1) is 19.1 Å². The molecule has 1 aliphatic rings. The molecule has 1 aromatic heterocycles. The number of carbonyl (C=O) groups is 2. The van der Waals surface area contributed by atoms with Crippen molar-refractivity contribution in [3.8, 4) is 0 Å². The summed E-state index contributed by atoms with van der Waals surface area (Å²) in [5.74, 6) is 0.265. The Bertz CT molecular complexity index is 813. The minimum atomic E-state index is -0.495. The summed E-state index contributed by atoms with van der Waals surface area (Å²) in [6.07, 6.45) is 2.42. The normalized spacial score (nSPS) is 17.4. The van der Waals surface area contributed by atoms with Crippen LogP contribution in [-0.2, 0) is 9.53 Å². The van der Waals surface area contributed by atoms with Crippen LogP contribution in [0.5, 0.6) is 0 Å². The van der Waals surface area contributed by atoms with E-state index >= 15 is 0 Å². The van der Waals surface area contributed by atoms with Crippen LogP contribution < -0.4 is 15.5 Å². The molecule has 2 unspecified atom stereocenters. The highest BCUT2D eigenvalue weighted by Gasteiger charge is 2.22. The van der Waals surface area contributed by atoms with E-state index in [-0.39, 0.29) is 12.4 Å². The van der Waals surface area contributed by atoms with E-state index in [0.717, 1.165) is 30.2 Å². The lowest BCUT2D eigenvalue weighted by Crippen LogP contribution is -2.34. The molecule has 2 atom stereocenters. The highest BCUT2D eigenvalue weighted by atomic mass is 32.1. The molecule has 0 radical (unpaired) electrons. The molecule has 2 heterocycles. The fraction of sp³-hybridized carbons (Fsp3) is 0.500. The Morgan fingerprint density at radius 3 is 2.83 bits per heavy atom. The zero-order chi connectivity index (χ0) is 20.6. The second-order valence-electron chi connectivity index (χ2n) is 7.15. The van der Waals surface area contributed by atoms with Gasteiger partial charge in [-0.25, -0.2) is 4.79 Å². The molecule has 1 saturated heterocycles. The summed E-state index contributed by atoms with van der Waals surface area (Å²) in [6.45, 7) is 6.20. The number of hydrogen-bond donors (Lipinski definition) is 2. The molecule has 29 heavy (non-hydrogen) atoms. The van der Waals surface area contributed by atoms with Crippen LogP contribution in [0.25, 0.3) is 0 Å². The average Bonchev–Trinajstić information content (AvgIpc) is 3.17. The zero-order valence-corrected chi connectivity index (χ0v) is 17.6. The van der Waals surface area contributed by atoms with Crippen molar-refractivity contribution in [3.63, 3.8) is 0 Å². The van der Waals surface area contributed by atoms with E-state index in [1.807, 2.05) is 30.3 Å². The van der Waals surface area contributed by atoms with Gasteiger partial charge in [-0.3, -0.25) is 10.1 Å². The second-order valence-corrected chi connectivity index (χ2v) is 8.11. The van der Waals surface area contributed by atoms with Crippen LogP contribution >= 0.6 is 11.3 Å². The second kappa shape index (κ2) is 10.2. The summed E-state index contributed by atoms with van der Waals surface area (Å²) < 4.78 is 5.04. The first-order valence-corrected chi connectivity index (χ1v) is 10.7. The van der Waals surface area contributed by atoms with Gasteiger partial charge >= 0.3 is 12.0 Å². The number of amides is 2. The first-order valence-electron chi connectivity index (χ1n) is 9.91. The molecule has 2 aromatic rings. The molecule has 156 valence electrons. The first kappa shape index (κ1) is 21.0. The van der Waals surface area contributed by atoms with Gasteiger partial charge in [0, 0.05) is 13.1 Å². The van der Waals surface area contributed by atoms with Crippen molar-refractivity contribution in [2.24, 2.45) is 5.92 Å². The largest absolute Gasteiger partial charge is 0.466 e. The molecule has 2 N–H and O–H groups in total. The monoisotopic (exact) mass is 417 g/mol. The van der Waals surface area contributed by atoms with Crippen LogP contribution in [0.2, 0.25) is 0 Å². The van der Waals surface area contributed by atoms with E-state index in [0.29, 0.717) is 17.7 Å². The number of nitrogens with one attached hydrogen (secondary N) is 2. The Morgan fingerprint density at radius 1 is 1.31 bits per heavy atom. The number of nitrogens with zero attached hydrogens (tertiary/aromatic N) is 3. The summed E-state index contributed by atoms with van der Waals surface area (Å²) in [6, 6.07) is 8.42. The first-order chi connectivity index (χ1) is 14.0. The van der Waals surface area contributed by atoms with E-state index in [9.17, 15) is 9.59 Å². The lowest BCUT2D eigenvalue weighted by atomic mass is 10.0. The van der Waals surface area contributed by atoms with Crippen LogP contribution in [-0.4, -0.2) is 41.9 Å². The summed E-state index contributed by atoms with van der Waals surface area (Å²) in [5.41, 5.74) is 0.830. The van der Waals surface area contributed by atoms with Gasteiger partial charge in [-0.2, -0.15) is 0 Å². The number of piperidine rings is 1. The number of aromatic nitrogens is 2. The fourth-order valence-electron chi connectivity index (χ4n) is 3.37. The number of carbonyl (C=O) groups excluding carboxylic acids is 2. The number of hydrogen-bond acceptors (Lipinski definition) is 7. The van der Waals surface area contributed by atoms with Crippen LogP contribution in [0.3, 0.4) is 0 Å². The Balaban J connectivity index is 1.62. The third-order valence-electron chi connectivity index (χ3n) is 4.75. The van der Waals surface area contributed by atoms with E-state index in [4.69, 9.17) is 4.74 Å². The molecule has 0 saturated carbocycles. The lowest BCUT2D eigenvalue weighted by Gasteiger charge is -2.29. The van der Waals surface area contributed by atoms with Gasteiger partial charge in [-0.15, -0.1) is 10.2 Å². The minimum Gasteiger partial charge on any atom is -0.466 e. The number of anilines is 2. The number of ether oxygens (including phenoxy) is 1. The maximum absolute atomic E-state index is 12.5. The van der Waals surface area contributed by atoms with Gasteiger partial charge in [0.15, 0.2) is 0 Å². The van der Waals surface area contributed by atoms with Gasteiger partial charge < -0.3 is 15.0 Å². The third-order valence-corrected chi connectivity index (χ3v) is 5.65. The Hall–Kier alpha value is -2.68. The van der Waals surface area contributed by atoms with Crippen molar-refractivity contribution in [3.05, 3.63) is 35.9 Å². The quantitative estimate of drug-likeness (QED) is 0.669. The third kappa shape index (κ3) is 6.15. The smallest absolute Gasteiger partial charge is 0.321 e. The Kier molecular flexibility index (Phi) is 7.40. The minimum absolute atomic E-state index is 0.0539. The number of esters is 1. The van der Waals surface area contributed by atoms with Gasteiger partial charge in [0.1, 0.15) is 0 Å². The van der Waals surface area contributed by atoms with Crippen molar-refractivity contribution >= 4 is 33.6 Å². The summed E-state index contributed by atoms with van der Waals surface area (Å²) in [7, 11) is 0. The Morgan fingerprint density at radius 2 is 2.10 bits per heavy atom. The maximum Gasteiger partial charge on any atom is 0.321 e. The van der Waals surface area contributed by atoms with Gasteiger partial charge in [-0.1, -0.05) is 48.6 Å². The predicted octanol–water partition coefficient (Wildman–Crippen LogP) is 3.59. The lowest BCUT2D eigenvalue weighted by molar-refractivity contribution is -0.143. The molecule has 0 aliphatic carbocycles. The highest BCUT2D eigenvalue weighted by molar-refractivity contribution is 7.19. The number of benzene rings is 1. The zero-order valence-electron chi connectivity index (χ0n) is 16.8. The van der Waals surface area contributed by atoms with Crippen molar-refractivity contribution < 1.29 is 14.3 Å². The SMILES string of the molecule is CCOC(=O)CC(NC(=O)Nc1nnc(N2CCCC(C)C2)s1)c1ccccc1. The van der Waals surface area contributed by atoms with Crippen LogP contribution in [0.4, 0.5) is 15.1 Å². The standard InChI is InChI=1S/C20H27N5O3S/c1-3-28-17(26)12-16(15-9-5-4-6-10-15)21-18(27)22-19-23-24-20(29-19)25-11-7-8-14(2)13-25/h4-6,9-10,14,16H,3,7-8,11-13H2,1-2H3,(H2,21,22,23,27). The van der Waals surface area contributed by atoms with E-state index in [2.05, 4.69) is 32.7 Å². The Labute approximate surface area is 174 Å². The maximum atomic E-state index is 12.5. The summed E-state index contributed by atoms with van der Waals surface area (Å²) >= 11 is 1.35. The molecular weight excluding hydrogens is 390 g/mol. The van der Waals surface area contributed by atoms with E-state index < -0.39 is 12.1 Å². The topological polar surface area (TPSA) is 96.4 Å². The average molecular weight is 418 g/mol. The molecule has 2 amide bonds. The van der Waals surface area contributed by atoms with Crippen molar-refractivity contribution in [1.29, 1.82) is 0 Å². The molecule has 9 heteroatoms. The molecular formula is C20H27N5O3S. The van der Waals surface area contributed by atoms with Crippen LogP contribution in [0.15, 0.2) is 30.3 Å². The molecule has 3 rings (SSSR count). The van der Waals surface area contributed by atoms with Crippen LogP contribution in [0.1, 0.15) is 44.7 Å². The van der Waals surface area contributed by atoms with Crippen molar-refractivity contribution in [2.45, 2.75) is 39.2 Å². The summed E-state index contributed by atoms with van der Waals surface area (Å²) in [4.78, 5) is 26.7. The van der Waals surface area contributed by atoms with Gasteiger partial charge in [0.2, 0.25) is 10.3 Å². The van der Waals surface area contributed by atoms with Crippen molar-refractivity contribution in [2.75, 3.05) is 29.9 Å². The van der Waals surface area contributed by atoms with Gasteiger partial charge in [0.25, 0.3) is 0 Å². The molecule has 8 nitrogen and oxygen atoms in total. The highest BCUT2D eigenvalue weighted by Crippen LogP contribution is 2.28. The van der Waals surface area contributed by atoms with Crippen molar-refractivity contribution in [1.82, 2.24) is 15.5 Å². The molecule has 1 aromatic carbocycles. The summed E-state index contributed by atoms with van der Waals surface area (Å²) in [5, 5.41) is 15.1. The van der Waals surface area contributed by atoms with E-state index in [1.165, 1.54) is 17.8 Å². The number of rotatable bonds is 7. The molecule has 0 spiro atoms. The molecule has 1 fully saturated rings. The van der Waals surface area contributed by atoms with Gasteiger partial charge in [-0.05, 0) is 31.2 Å². The molecule has 1 aliphatic heterocycles. The van der Waals surface area contributed by atoms with Crippen LogP contribution in [0, 0.1) is 5.92 Å². The fourth-order valence-corrected chi connectivity index (χ4v) is 4.15. The molecule has 0 bridgehead atoms. The van der Waals surface area contributed by atoms with E-state index in [1.54, 1.807) is 6.92 Å². The predicted molar refractivity (Wildman–Crippen MR) is 113 cm³/mol.